The van der Waals surface area contributed by atoms with E-state index in [4.69, 9.17) is 13.9 Å². The van der Waals surface area contributed by atoms with E-state index in [1.165, 1.54) is 17.4 Å². The van der Waals surface area contributed by atoms with Gasteiger partial charge in [-0.1, -0.05) is 39.0 Å². The van der Waals surface area contributed by atoms with Crippen LogP contribution < -0.4 is 5.32 Å². The summed E-state index contributed by atoms with van der Waals surface area (Å²) in [6.07, 6.45) is 2.95. The highest BCUT2D eigenvalue weighted by Crippen LogP contribution is 2.27. The second-order valence-corrected chi connectivity index (χ2v) is 9.13. The summed E-state index contributed by atoms with van der Waals surface area (Å²) in [4.78, 5) is 27.5. The number of para-hydroxylation sites is 1. The maximum absolute atomic E-state index is 13.1. The number of nitrogens with one attached hydrogen (secondary N) is 1. The van der Waals surface area contributed by atoms with Crippen molar-refractivity contribution in [3.63, 3.8) is 0 Å². The molecule has 0 bridgehead atoms. The number of hydrogen-bond acceptors (Lipinski definition) is 5. The molecule has 8 heteroatoms. The highest BCUT2D eigenvalue weighted by molar-refractivity contribution is 5.97. The van der Waals surface area contributed by atoms with Crippen LogP contribution in [0.5, 0.6) is 0 Å². The second kappa shape index (κ2) is 9.43. The molecule has 0 aliphatic carbocycles. The minimum Gasteiger partial charge on any atom is -0.467 e. The zero-order valence-electron chi connectivity index (χ0n) is 19.7. The van der Waals surface area contributed by atoms with Gasteiger partial charge in [0.2, 0.25) is 5.91 Å². The molecule has 2 amide bonds. The van der Waals surface area contributed by atoms with E-state index in [1.54, 1.807) is 28.9 Å². The van der Waals surface area contributed by atoms with Gasteiger partial charge in [0.05, 0.1) is 30.5 Å². The molecule has 0 aliphatic rings. The van der Waals surface area contributed by atoms with Crippen LogP contribution in [0, 0.1) is 6.92 Å². The third kappa shape index (κ3) is 5.11. The van der Waals surface area contributed by atoms with E-state index in [-0.39, 0.29) is 30.2 Å². The number of aromatic nitrogens is 2. The SMILES string of the molecule is Cc1ccccc1-n1nc(C(C)(C)C)cc1NC(=O)CN(Cc1ccco1)C(=O)c1ccco1. The topological polar surface area (TPSA) is 93.5 Å². The van der Waals surface area contributed by atoms with Gasteiger partial charge in [-0.3, -0.25) is 9.59 Å². The molecule has 3 heterocycles. The van der Waals surface area contributed by atoms with Crippen molar-refractivity contribution in [2.24, 2.45) is 0 Å². The molecule has 0 atom stereocenters. The smallest absolute Gasteiger partial charge is 0.290 e. The van der Waals surface area contributed by atoms with Gasteiger partial charge in [0.1, 0.15) is 18.1 Å². The summed E-state index contributed by atoms with van der Waals surface area (Å²) < 4.78 is 12.4. The van der Waals surface area contributed by atoms with Crippen molar-refractivity contribution in [1.29, 1.82) is 0 Å². The Morgan fingerprint density at radius 1 is 1.03 bits per heavy atom. The van der Waals surface area contributed by atoms with Crippen molar-refractivity contribution in [2.75, 3.05) is 11.9 Å². The van der Waals surface area contributed by atoms with Gasteiger partial charge in [0, 0.05) is 11.5 Å². The standard InChI is InChI=1S/C26H28N4O4/c1-18-9-5-6-11-20(18)30-23(15-22(28-30)26(2,3)4)27-24(31)17-29(16-19-10-7-13-33-19)25(32)21-12-8-14-34-21/h5-15H,16-17H2,1-4H3,(H,27,31). The van der Waals surface area contributed by atoms with E-state index in [0.29, 0.717) is 11.6 Å². The first-order valence-electron chi connectivity index (χ1n) is 11.0. The number of anilines is 1. The summed E-state index contributed by atoms with van der Waals surface area (Å²) in [5.41, 5.74) is 2.51. The fourth-order valence-electron chi connectivity index (χ4n) is 3.52. The summed E-state index contributed by atoms with van der Waals surface area (Å²) in [6, 6.07) is 16.4. The van der Waals surface area contributed by atoms with E-state index in [0.717, 1.165) is 16.9 Å². The first-order chi connectivity index (χ1) is 16.2. The van der Waals surface area contributed by atoms with Crippen molar-refractivity contribution < 1.29 is 18.4 Å². The van der Waals surface area contributed by atoms with Gasteiger partial charge >= 0.3 is 0 Å². The molecule has 0 fully saturated rings. The molecule has 0 saturated heterocycles. The fraction of sp³-hybridized carbons (Fsp3) is 0.269. The first-order valence-corrected chi connectivity index (χ1v) is 11.0. The number of carbonyl (C=O) groups is 2. The lowest BCUT2D eigenvalue weighted by atomic mass is 9.92. The van der Waals surface area contributed by atoms with Gasteiger partial charge in [-0.25, -0.2) is 4.68 Å². The highest BCUT2D eigenvalue weighted by atomic mass is 16.3. The molecule has 0 saturated carbocycles. The van der Waals surface area contributed by atoms with Crippen LogP contribution in [0.15, 0.2) is 76.0 Å². The van der Waals surface area contributed by atoms with Gasteiger partial charge in [0.15, 0.2) is 5.76 Å². The third-order valence-corrected chi connectivity index (χ3v) is 5.37. The van der Waals surface area contributed by atoms with Crippen LogP contribution >= 0.6 is 0 Å². The Balaban J connectivity index is 1.61. The van der Waals surface area contributed by atoms with E-state index < -0.39 is 5.91 Å². The molecule has 0 unspecified atom stereocenters. The summed E-state index contributed by atoms with van der Waals surface area (Å²) in [6.45, 7) is 8.13. The lowest BCUT2D eigenvalue weighted by Gasteiger charge is -2.20. The maximum atomic E-state index is 13.1. The van der Waals surface area contributed by atoms with Crippen molar-refractivity contribution in [1.82, 2.24) is 14.7 Å². The summed E-state index contributed by atoms with van der Waals surface area (Å²) in [5, 5.41) is 7.72. The minimum atomic E-state index is -0.403. The predicted octanol–water partition coefficient (Wildman–Crippen LogP) is 4.95. The number of nitrogens with zero attached hydrogens (tertiary/aromatic N) is 3. The molecule has 3 aromatic heterocycles. The lowest BCUT2D eigenvalue weighted by molar-refractivity contribution is -0.117. The first kappa shape index (κ1) is 23.1. The number of furan rings is 2. The Morgan fingerprint density at radius 3 is 2.41 bits per heavy atom. The van der Waals surface area contributed by atoms with Crippen LogP contribution in [0.2, 0.25) is 0 Å². The molecule has 0 spiro atoms. The fourth-order valence-corrected chi connectivity index (χ4v) is 3.52. The molecular formula is C26H28N4O4. The van der Waals surface area contributed by atoms with E-state index in [9.17, 15) is 9.59 Å². The molecule has 176 valence electrons. The average Bonchev–Trinajstić information content (AvgIpc) is 3.55. The van der Waals surface area contributed by atoms with Gasteiger partial charge in [-0.2, -0.15) is 5.10 Å². The molecule has 0 radical (unpaired) electrons. The molecule has 1 aromatic carbocycles. The molecule has 4 rings (SSSR count). The van der Waals surface area contributed by atoms with E-state index in [2.05, 4.69) is 26.1 Å². The Hall–Kier alpha value is -4.07. The molecule has 34 heavy (non-hydrogen) atoms. The van der Waals surface area contributed by atoms with Crippen LogP contribution in [-0.4, -0.2) is 33.0 Å². The van der Waals surface area contributed by atoms with Crippen LogP contribution in [0.4, 0.5) is 5.82 Å². The Labute approximate surface area is 198 Å². The zero-order chi connectivity index (χ0) is 24.3. The Kier molecular flexibility index (Phi) is 6.40. The van der Waals surface area contributed by atoms with E-state index in [1.807, 2.05) is 37.3 Å². The average molecular weight is 461 g/mol. The van der Waals surface area contributed by atoms with Gasteiger partial charge in [-0.15, -0.1) is 0 Å². The lowest BCUT2D eigenvalue weighted by Crippen LogP contribution is -2.37. The number of amides is 2. The van der Waals surface area contributed by atoms with Crippen molar-refractivity contribution in [3.8, 4) is 5.69 Å². The number of benzene rings is 1. The Morgan fingerprint density at radius 2 is 1.76 bits per heavy atom. The molecule has 0 aliphatic heterocycles. The monoisotopic (exact) mass is 460 g/mol. The summed E-state index contributed by atoms with van der Waals surface area (Å²) in [7, 11) is 0. The quantitative estimate of drug-likeness (QED) is 0.421. The van der Waals surface area contributed by atoms with Crippen LogP contribution in [0.25, 0.3) is 5.69 Å². The highest BCUT2D eigenvalue weighted by Gasteiger charge is 2.25. The van der Waals surface area contributed by atoms with Crippen LogP contribution in [0.3, 0.4) is 0 Å². The predicted molar refractivity (Wildman–Crippen MR) is 128 cm³/mol. The van der Waals surface area contributed by atoms with Crippen LogP contribution in [0.1, 0.15) is 48.3 Å². The number of aryl methyl sites for hydroxylation is 1. The van der Waals surface area contributed by atoms with Crippen molar-refractivity contribution in [2.45, 2.75) is 39.7 Å². The summed E-state index contributed by atoms with van der Waals surface area (Å²) in [5.74, 6) is 0.487. The molecular weight excluding hydrogens is 432 g/mol. The number of rotatable bonds is 7. The number of hydrogen-bond donors (Lipinski definition) is 1. The van der Waals surface area contributed by atoms with Crippen molar-refractivity contribution in [3.05, 3.63) is 89.9 Å². The largest absolute Gasteiger partial charge is 0.467 e. The van der Waals surface area contributed by atoms with Crippen molar-refractivity contribution >= 4 is 17.6 Å². The molecule has 1 N–H and O–H groups in total. The molecule has 4 aromatic rings. The van der Waals surface area contributed by atoms with Gasteiger partial charge in [0.25, 0.3) is 5.91 Å². The second-order valence-electron chi connectivity index (χ2n) is 9.13. The van der Waals surface area contributed by atoms with Gasteiger partial charge < -0.3 is 19.1 Å². The maximum Gasteiger partial charge on any atom is 0.290 e. The zero-order valence-corrected chi connectivity index (χ0v) is 19.7. The van der Waals surface area contributed by atoms with Gasteiger partial charge in [-0.05, 0) is 42.8 Å². The normalized spacial score (nSPS) is 11.4. The number of carbonyl (C=O) groups excluding carboxylic acids is 2. The van der Waals surface area contributed by atoms with Crippen LogP contribution in [-0.2, 0) is 16.8 Å². The molecule has 8 nitrogen and oxygen atoms in total. The van der Waals surface area contributed by atoms with E-state index >= 15 is 0 Å². The third-order valence-electron chi connectivity index (χ3n) is 5.37. The minimum absolute atomic E-state index is 0.129. The summed E-state index contributed by atoms with van der Waals surface area (Å²) >= 11 is 0. The Bertz CT molecular complexity index is 1260.